The third kappa shape index (κ3) is 3.82. The summed E-state index contributed by atoms with van der Waals surface area (Å²) in [4.78, 5) is 31.6. The molecular weight excluding hydrogens is 307 g/mol. The fraction of sp³-hybridized carbons (Fsp3) is 0.111. The Bertz CT molecular complexity index is 576. The van der Waals surface area contributed by atoms with E-state index in [1.807, 2.05) is 0 Å². The molecule has 0 aliphatic carbocycles. The molecule has 0 heterocycles. The Labute approximate surface area is 113 Å². The third-order valence-corrected chi connectivity index (χ3v) is 2.27. The second kappa shape index (κ2) is 5.74. The highest BCUT2D eigenvalue weighted by atomic mass is 35.5. The van der Waals surface area contributed by atoms with Crippen LogP contribution in [0.4, 0.5) is 18.9 Å². The van der Waals surface area contributed by atoms with Crippen LogP contribution in [-0.4, -0.2) is 22.9 Å². The Morgan fingerprint density at radius 3 is 2.35 bits per heavy atom. The molecule has 1 aromatic carbocycles. The quantitative estimate of drug-likeness (QED) is 0.639. The molecular formula is C9H5ClF3N3O4. The Balaban J connectivity index is 2.81. The number of nitro benzene ring substituents is 1. The highest BCUT2D eigenvalue weighted by Gasteiger charge is 2.39. The van der Waals surface area contributed by atoms with E-state index in [2.05, 4.69) is 0 Å². The van der Waals surface area contributed by atoms with Gasteiger partial charge in [0.15, 0.2) is 0 Å². The summed E-state index contributed by atoms with van der Waals surface area (Å²) in [6.45, 7) is 0. The second-order valence-electron chi connectivity index (χ2n) is 3.33. The van der Waals surface area contributed by atoms with E-state index in [-0.39, 0.29) is 10.6 Å². The van der Waals surface area contributed by atoms with Gasteiger partial charge in [0.25, 0.3) is 11.6 Å². The van der Waals surface area contributed by atoms with Gasteiger partial charge in [-0.2, -0.15) is 13.2 Å². The zero-order valence-electron chi connectivity index (χ0n) is 9.32. The van der Waals surface area contributed by atoms with Crippen LogP contribution in [0.2, 0.25) is 5.02 Å². The van der Waals surface area contributed by atoms with Crippen molar-refractivity contribution in [1.82, 2.24) is 10.9 Å². The van der Waals surface area contributed by atoms with Gasteiger partial charge in [-0.1, -0.05) is 11.6 Å². The first-order valence-electron chi connectivity index (χ1n) is 4.74. The molecule has 108 valence electrons. The van der Waals surface area contributed by atoms with E-state index in [9.17, 15) is 32.9 Å². The van der Waals surface area contributed by atoms with Gasteiger partial charge in [0.05, 0.1) is 4.92 Å². The van der Waals surface area contributed by atoms with Crippen molar-refractivity contribution in [1.29, 1.82) is 0 Å². The maximum atomic E-state index is 11.9. The third-order valence-electron chi connectivity index (χ3n) is 1.95. The predicted octanol–water partition coefficient (Wildman–Crippen LogP) is 1.57. The molecule has 0 unspecified atom stereocenters. The van der Waals surface area contributed by atoms with Gasteiger partial charge >= 0.3 is 12.1 Å². The molecule has 2 N–H and O–H groups in total. The van der Waals surface area contributed by atoms with Crippen molar-refractivity contribution < 1.29 is 27.7 Å². The molecule has 2 amide bonds. The summed E-state index contributed by atoms with van der Waals surface area (Å²) in [5.41, 5.74) is 1.64. The molecule has 0 bridgehead atoms. The van der Waals surface area contributed by atoms with Crippen molar-refractivity contribution in [3.8, 4) is 0 Å². The van der Waals surface area contributed by atoms with E-state index in [4.69, 9.17) is 11.6 Å². The minimum absolute atomic E-state index is 0.245. The number of hydrogen-bond acceptors (Lipinski definition) is 4. The molecule has 0 fully saturated rings. The highest BCUT2D eigenvalue weighted by molar-refractivity contribution is 6.32. The maximum absolute atomic E-state index is 11.9. The first-order chi connectivity index (χ1) is 9.12. The normalized spacial score (nSPS) is 10.8. The minimum atomic E-state index is -5.17. The number of hydrogen-bond donors (Lipinski definition) is 2. The van der Waals surface area contributed by atoms with Crippen LogP contribution in [0, 0.1) is 10.1 Å². The number of hydrazine groups is 1. The Morgan fingerprint density at radius 1 is 1.25 bits per heavy atom. The average Bonchev–Trinajstić information content (AvgIpc) is 2.34. The molecule has 1 rings (SSSR count). The number of halogens is 4. The van der Waals surface area contributed by atoms with Crippen molar-refractivity contribution in [2.45, 2.75) is 6.18 Å². The smallest absolute Gasteiger partial charge is 0.267 e. The molecule has 0 aromatic heterocycles. The lowest BCUT2D eigenvalue weighted by molar-refractivity contribution is -0.384. The summed E-state index contributed by atoms with van der Waals surface area (Å²) >= 11 is 5.49. The molecule has 11 heteroatoms. The summed E-state index contributed by atoms with van der Waals surface area (Å²) in [7, 11) is 0. The van der Waals surface area contributed by atoms with Crippen LogP contribution in [0.3, 0.4) is 0 Å². The summed E-state index contributed by atoms with van der Waals surface area (Å²) in [6, 6.07) is 2.84. The van der Waals surface area contributed by atoms with Crippen molar-refractivity contribution in [2.24, 2.45) is 0 Å². The van der Waals surface area contributed by atoms with Gasteiger partial charge in [-0.05, 0) is 12.1 Å². The first kappa shape index (κ1) is 15.7. The van der Waals surface area contributed by atoms with Crippen LogP contribution < -0.4 is 10.9 Å². The van der Waals surface area contributed by atoms with Gasteiger partial charge in [0.2, 0.25) is 0 Å². The molecule has 0 aliphatic heterocycles. The van der Waals surface area contributed by atoms with Gasteiger partial charge in [-0.15, -0.1) is 0 Å². The summed E-state index contributed by atoms with van der Waals surface area (Å²) in [5, 5.41) is 10.3. The highest BCUT2D eigenvalue weighted by Crippen LogP contribution is 2.24. The Kier molecular flexibility index (Phi) is 4.50. The summed E-state index contributed by atoms with van der Waals surface area (Å²) in [6.07, 6.45) is -5.17. The van der Waals surface area contributed by atoms with Gasteiger partial charge in [0, 0.05) is 11.6 Å². The molecule has 7 nitrogen and oxygen atoms in total. The summed E-state index contributed by atoms with van der Waals surface area (Å²) in [5.74, 6) is -3.54. The van der Waals surface area contributed by atoms with E-state index < -0.39 is 28.6 Å². The second-order valence-corrected chi connectivity index (χ2v) is 3.74. The average molecular weight is 312 g/mol. The zero-order chi connectivity index (χ0) is 15.5. The Morgan fingerprint density at radius 2 is 1.85 bits per heavy atom. The van der Waals surface area contributed by atoms with Crippen LogP contribution in [0.5, 0.6) is 0 Å². The van der Waals surface area contributed by atoms with Gasteiger partial charge < -0.3 is 0 Å². The standard InChI is InChI=1S/C9H5ClF3N3O4/c10-5-2-1-4(3-6(5)16(19)20)7(17)14-15-8(18)9(11,12)13/h1-3H,(H,14,17)(H,15,18). The fourth-order valence-electron chi connectivity index (χ4n) is 1.05. The van der Waals surface area contributed by atoms with Crippen molar-refractivity contribution in [3.05, 3.63) is 38.9 Å². The van der Waals surface area contributed by atoms with Crippen LogP contribution in [0.25, 0.3) is 0 Å². The number of carbonyl (C=O) groups is 2. The number of benzene rings is 1. The topological polar surface area (TPSA) is 101 Å². The molecule has 0 radical (unpaired) electrons. The lowest BCUT2D eigenvalue weighted by Gasteiger charge is -2.09. The van der Waals surface area contributed by atoms with Crippen LogP contribution >= 0.6 is 11.6 Å². The molecule has 0 saturated carbocycles. The van der Waals surface area contributed by atoms with Crippen molar-refractivity contribution in [2.75, 3.05) is 0 Å². The van der Waals surface area contributed by atoms with Gasteiger partial charge in [-0.25, -0.2) is 0 Å². The van der Waals surface area contributed by atoms with Crippen LogP contribution in [0.15, 0.2) is 18.2 Å². The van der Waals surface area contributed by atoms with Crippen LogP contribution in [-0.2, 0) is 4.79 Å². The van der Waals surface area contributed by atoms with Gasteiger partial charge in [0.1, 0.15) is 5.02 Å². The molecule has 20 heavy (non-hydrogen) atoms. The van der Waals surface area contributed by atoms with E-state index in [0.717, 1.165) is 23.6 Å². The lowest BCUT2D eigenvalue weighted by atomic mass is 10.2. The van der Waals surface area contributed by atoms with Gasteiger partial charge in [-0.3, -0.25) is 30.6 Å². The first-order valence-corrected chi connectivity index (χ1v) is 5.12. The predicted molar refractivity (Wildman–Crippen MR) is 59.8 cm³/mol. The molecule has 1 aromatic rings. The molecule has 0 aliphatic rings. The molecule has 0 atom stereocenters. The Hall–Kier alpha value is -2.36. The van der Waals surface area contributed by atoms with E-state index in [0.29, 0.717) is 0 Å². The largest absolute Gasteiger partial charge is 0.472 e. The minimum Gasteiger partial charge on any atom is -0.267 e. The zero-order valence-corrected chi connectivity index (χ0v) is 10.1. The number of amides is 2. The van der Waals surface area contributed by atoms with E-state index in [1.54, 1.807) is 0 Å². The van der Waals surface area contributed by atoms with Crippen molar-refractivity contribution >= 4 is 29.1 Å². The number of rotatable bonds is 2. The molecule has 0 saturated heterocycles. The number of alkyl halides is 3. The van der Waals surface area contributed by atoms with E-state index >= 15 is 0 Å². The molecule has 0 spiro atoms. The lowest BCUT2D eigenvalue weighted by Crippen LogP contribution is -2.47. The number of nitrogens with one attached hydrogen (secondary N) is 2. The van der Waals surface area contributed by atoms with Crippen molar-refractivity contribution in [3.63, 3.8) is 0 Å². The maximum Gasteiger partial charge on any atom is 0.472 e. The van der Waals surface area contributed by atoms with Crippen LogP contribution in [0.1, 0.15) is 10.4 Å². The fourth-order valence-corrected chi connectivity index (χ4v) is 1.24. The summed E-state index contributed by atoms with van der Waals surface area (Å²) < 4.78 is 35.6. The number of carbonyl (C=O) groups excluding carboxylic acids is 2. The monoisotopic (exact) mass is 311 g/mol. The number of nitrogens with zero attached hydrogens (tertiary/aromatic N) is 1. The number of nitro groups is 1. The van der Waals surface area contributed by atoms with E-state index in [1.165, 1.54) is 5.43 Å². The SMILES string of the molecule is O=C(NNC(=O)C(F)(F)F)c1ccc(Cl)c([N+](=O)[O-])c1.